The minimum atomic E-state index is 0.527. The van der Waals surface area contributed by atoms with Crippen LogP contribution in [0, 0.1) is 6.92 Å². The number of quaternary nitrogens is 1. The predicted molar refractivity (Wildman–Crippen MR) is 58.1 cm³/mol. The Morgan fingerprint density at radius 1 is 1.36 bits per heavy atom. The number of rotatable bonds is 5. The highest BCUT2D eigenvalue weighted by Gasteiger charge is 2.05. The van der Waals surface area contributed by atoms with Crippen LogP contribution >= 0.6 is 0 Å². The molecule has 0 bridgehead atoms. The van der Waals surface area contributed by atoms with Crippen LogP contribution in [0.25, 0.3) is 0 Å². The van der Waals surface area contributed by atoms with Gasteiger partial charge in [0.25, 0.3) is 0 Å². The third-order valence-electron chi connectivity index (χ3n) is 2.43. The minimum Gasteiger partial charge on any atom is -0.379 e. The standard InChI is InChI=1S/C12H19NO/c1-10-6-4-5-7-12(10)8-13-11(2)9-14-3/h4-7,11,13H,8-9H2,1-3H3/p+1/t11-/m0/s1. The topological polar surface area (TPSA) is 25.8 Å². The summed E-state index contributed by atoms with van der Waals surface area (Å²) in [5.74, 6) is 0. The van der Waals surface area contributed by atoms with Gasteiger partial charge in [0, 0.05) is 12.7 Å². The van der Waals surface area contributed by atoms with Crippen LogP contribution in [0.1, 0.15) is 18.1 Å². The smallest absolute Gasteiger partial charge is 0.107 e. The molecule has 2 heteroatoms. The predicted octanol–water partition coefficient (Wildman–Crippen LogP) is 1.09. The second-order valence-corrected chi connectivity index (χ2v) is 3.80. The lowest BCUT2D eigenvalue weighted by Gasteiger charge is -2.10. The highest BCUT2D eigenvalue weighted by molar-refractivity contribution is 5.24. The van der Waals surface area contributed by atoms with Crippen LogP contribution in [0.2, 0.25) is 0 Å². The zero-order chi connectivity index (χ0) is 10.4. The molecule has 0 saturated carbocycles. The number of ether oxygens (including phenoxy) is 1. The van der Waals surface area contributed by atoms with Crippen molar-refractivity contribution in [3.63, 3.8) is 0 Å². The van der Waals surface area contributed by atoms with E-state index in [0.29, 0.717) is 6.04 Å². The summed E-state index contributed by atoms with van der Waals surface area (Å²) in [5, 5.41) is 2.31. The molecule has 2 N–H and O–H groups in total. The molecule has 0 heterocycles. The zero-order valence-corrected chi connectivity index (χ0v) is 9.29. The number of aryl methyl sites for hydroxylation is 1. The molecule has 0 saturated heterocycles. The van der Waals surface area contributed by atoms with Crippen molar-refractivity contribution in [3.05, 3.63) is 35.4 Å². The molecule has 0 spiro atoms. The van der Waals surface area contributed by atoms with Crippen molar-refractivity contribution in [3.8, 4) is 0 Å². The van der Waals surface area contributed by atoms with Crippen LogP contribution in [-0.4, -0.2) is 19.8 Å². The van der Waals surface area contributed by atoms with Gasteiger partial charge in [-0.15, -0.1) is 0 Å². The van der Waals surface area contributed by atoms with Crippen LogP contribution in [-0.2, 0) is 11.3 Å². The molecular weight excluding hydrogens is 174 g/mol. The van der Waals surface area contributed by atoms with Crippen LogP contribution in [0.3, 0.4) is 0 Å². The van der Waals surface area contributed by atoms with E-state index in [9.17, 15) is 0 Å². The number of hydrogen-bond acceptors (Lipinski definition) is 1. The van der Waals surface area contributed by atoms with E-state index < -0.39 is 0 Å². The summed E-state index contributed by atoms with van der Waals surface area (Å²) in [7, 11) is 1.75. The van der Waals surface area contributed by atoms with E-state index >= 15 is 0 Å². The molecule has 1 rings (SSSR count). The first-order chi connectivity index (χ1) is 6.74. The third kappa shape index (κ3) is 3.48. The normalized spacial score (nSPS) is 12.8. The van der Waals surface area contributed by atoms with Gasteiger partial charge < -0.3 is 10.1 Å². The van der Waals surface area contributed by atoms with Gasteiger partial charge in [0.1, 0.15) is 12.6 Å². The molecular formula is C12H20NO+. The number of benzene rings is 1. The first-order valence-corrected chi connectivity index (χ1v) is 5.11. The average Bonchev–Trinajstić information content (AvgIpc) is 2.17. The average molecular weight is 194 g/mol. The maximum Gasteiger partial charge on any atom is 0.107 e. The van der Waals surface area contributed by atoms with E-state index in [0.717, 1.165) is 13.2 Å². The number of methoxy groups -OCH3 is 1. The van der Waals surface area contributed by atoms with Gasteiger partial charge in [0.05, 0.1) is 6.61 Å². The summed E-state index contributed by atoms with van der Waals surface area (Å²) in [6.45, 7) is 6.19. The van der Waals surface area contributed by atoms with Crippen LogP contribution in [0.15, 0.2) is 24.3 Å². The molecule has 1 aromatic carbocycles. The Labute approximate surface area is 86.3 Å². The van der Waals surface area contributed by atoms with Crippen LogP contribution in [0.4, 0.5) is 0 Å². The molecule has 78 valence electrons. The molecule has 0 radical (unpaired) electrons. The summed E-state index contributed by atoms with van der Waals surface area (Å²) in [5.41, 5.74) is 2.78. The highest BCUT2D eigenvalue weighted by Crippen LogP contribution is 2.04. The van der Waals surface area contributed by atoms with Crippen molar-refractivity contribution in [2.75, 3.05) is 13.7 Å². The van der Waals surface area contributed by atoms with Gasteiger partial charge in [-0.1, -0.05) is 24.3 Å². The lowest BCUT2D eigenvalue weighted by molar-refractivity contribution is -0.702. The van der Waals surface area contributed by atoms with Crippen molar-refractivity contribution >= 4 is 0 Å². The molecule has 0 aliphatic heterocycles. The van der Waals surface area contributed by atoms with Crippen molar-refractivity contribution < 1.29 is 10.1 Å². The lowest BCUT2D eigenvalue weighted by atomic mass is 10.1. The zero-order valence-electron chi connectivity index (χ0n) is 9.29. The molecule has 1 atom stereocenters. The van der Waals surface area contributed by atoms with Gasteiger partial charge in [-0.3, -0.25) is 0 Å². The van der Waals surface area contributed by atoms with Crippen molar-refractivity contribution in [1.29, 1.82) is 0 Å². The van der Waals surface area contributed by atoms with E-state index in [1.165, 1.54) is 11.1 Å². The maximum absolute atomic E-state index is 5.09. The summed E-state index contributed by atoms with van der Waals surface area (Å²) >= 11 is 0. The first-order valence-electron chi connectivity index (χ1n) is 5.11. The summed E-state index contributed by atoms with van der Waals surface area (Å²) < 4.78 is 5.09. The van der Waals surface area contributed by atoms with Gasteiger partial charge in [-0.2, -0.15) is 0 Å². The van der Waals surface area contributed by atoms with Crippen molar-refractivity contribution in [2.24, 2.45) is 0 Å². The van der Waals surface area contributed by atoms with Crippen LogP contribution < -0.4 is 5.32 Å². The third-order valence-corrected chi connectivity index (χ3v) is 2.43. The van der Waals surface area contributed by atoms with Gasteiger partial charge in [0.2, 0.25) is 0 Å². The monoisotopic (exact) mass is 194 g/mol. The minimum absolute atomic E-state index is 0.527. The Balaban J connectivity index is 2.41. The summed E-state index contributed by atoms with van der Waals surface area (Å²) in [6, 6.07) is 9.05. The fraction of sp³-hybridized carbons (Fsp3) is 0.500. The molecule has 14 heavy (non-hydrogen) atoms. The first kappa shape index (κ1) is 11.2. The van der Waals surface area contributed by atoms with E-state index in [2.05, 4.69) is 43.4 Å². The Morgan fingerprint density at radius 2 is 2.07 bits per heavy atom. The summed E-state index contributed by atoms with van der Waals surface area (Å²) in [4.78, 5) is 0. The van der Waals surface area contributed by atoms with Gasteiger partial charge in [-0.25, -0.2) is 0 Å². The highest BCUT2D eigenvalue weighted by atomic mass is 16.5. The molecule has 0 amide bonds. The van der Waals surface area contributed by atoms with Crippen molar-refractivity contribution in [2.45, 2.75) is 26.4 Å². The van der Waals surface area contributed by atoms with E-state index in [1.54, 1.807) is 7.11 Å². The van der Waals surface area contributed by atoms with Gasteiger partial charge >= 0.3 is 0 Å². The fourth-order valence-corrected chi connectivity index (χ4v) is 1.50. The molecule has 0 aliphatic carbocycles. The number of nitrogens with two attached hydrogens (primary N) is 1. The SMILES string of the molecule is COC[C@H](C)[NH2+]Cc1ccccc1C. The Hall–Kier alpha value is -0.860. The van der Waals surface area contributed by atoms with E-state index in [1.807, 2.05) is 0 Å². The van der Waals surface area contributed by atoms with Crippen molar-refractivity contribution in [1.82, 2.24) is 0 Å². The number of hydrogen-bond donors (Lipinski definition) is 1. The van der Waals surface area contributed by atoms with Crippen LogP contribution in [0.5, 0.6) is 0 Å². The molecule has 0 aliphatic rings. The Bertz CT molecular complexity index is 273. The maximum atomic E-state index is 5.09. The molecule has 1 aromatic rings. The fourth-order valence-electron chi connectivity index (χ4n) is 1.50. The summed E-state index contributed by atoms with van der Waals surface area (Å²) in [6.07, 6.45) is 0. The van der Waals surface area contributed by atoms with Gasteiger partial charge in [0.15, 0.2) is 0 Å². The largest absolute Gasteiger partial charge is 0.379 e. The Kier molecular flexibility index (Phi) is 4.63. The Morgan fingerprint density at radius 3 is 2.71 bits per heavy atom. The molecule has 0 aromatic heterocycles. The lowest BCUT2D eigenvalue weighted by Crippen LogP contribution is -2.88. The molecule has 2 nitrogen and oxygen atoms in total. The molecule has 0 unspecified atom stereocenters. The van der Waals surface area contributed by atoms with E-state index in [4.69, 9.17) is 4.74 Å². The van der Waals surface area contributed by atoms with Gasteiger partial charge in [-0.05, 0) is 19.4 Å². The quantitative estimate of drug-likeness (QED) is 0.746. The second kappa shape index (κ2) is 5.78. The van der Waals surface area contributed by atoms with E-state index in [-0.39, 0.29) is 0 Å². The molecule has 0 fully saturated rings. The second-order valence-electron chi connectivity index (χ2n) is 3.80.